The molecule has 1 fully saturated rings. The standard InChI is InChI=1S/C17H15N3O4S2/c21-15-13(17(23)24)14(10-8-25-9-11(10)18-15)19-3-5-20(6-4-19)16(22)12-2-1-7-26-12/h1-2,7-9H,3-6H2,(H,18,21)(H,23,24). The van der Waals surface area contributed by atoms with Crippen LogP contribution in [-0.4, -0.2) is 53.0 Å². The van der Waals surface area contributed by atoms with Gasteiger partial charge in [0.05, 0.1) is 16.1 Å². The van der Waals surface area contributed by atoms with Gasteiger partial charge in [-0.3, -0.25) is 9.59 Å². The summed E-state index contributed by atoms with van der Waals surface area (Å²) in [5, 5.41) is 15.8. The molecule has 134 valence electrons. The number of nitrogens with one attached hydrogen (secondary N) is 1. The highest BCUT2D eigenvalue weighted by molar-refractivity contribution is 7.12. The Morgan fingerprint density at radius 3 is 2.58 bits per heavy atom. The van der Waals surface area contributed by atoms with E-state index >= 15 is 0 Å². The number of H-pyrrole nitrogens is 1. The first-order chi connectivity index (χ1) is 12.6. The van der Waals surface area contributed by atoms with Crippen molar-refractivity contribution in [3.8, 4) is 0 Å². The van der Waals surface area contributed by atoms with Gasteiger partial charge in [0.15, 0.2) is 0 Å². The maximum absolute atomic E-state index is 12.5. The molecule has 0 spiro atoms. The number of aromatic nitrogens is 1. The van der Waals surface area contributed by atoms with Crippen LogP contribution in [0.3, 0.4) is 0 Å². The highest BCUT2D eigenvalue weighted by Gasteiger charge is 2.28. The topological polar surface area (TPSA) is 93.7 Å². The van der Waals surface area contributed by atoms with Gasteiger partial charge < -0.3 is 19.9 Å². The average Bonchev–Trinajstić information content (AvgIpc) is 3.31. The zero-order valence-electron chi connectivity index (χ0n) is 13.6. The maximum atomic E-state index is 12.5. The van der Waals surface area contributed by atoms with Gasteiger partial charge in [-0.05, 0) is 11.4 Å². The van der Waals surface area contributed by atoms with Crippen LogP contribution in [0.25, 0.3) is 10.9 Å². The molecule has 1 aliphatic rings. The third-order valence-electron chi connectivity index (χ3n) is 4.46. The van der Waals surface area contributed by atoms with Crippen molar-refractivity contribution in [1.82, 2.24) is 9.88 Å². The Labute approximate surface area is 156 Å². The molecule has 26 heavy (non-hydrogen) atoms. The summed E-state index contributed by atoms with van der Waals surface area (Å²) in [6.07, 6.45) is 0. The van der Waals surface area contributed by atoms with E-state index < -0.39 is 11.5 Å². The molecule has 1 aliphatic heterocycles. The molecule has 9 heteroatoms. The Kier molecular flexibility index (Phi) is 4.25. The van der Waals surface area contributed by atoms with E-state index in [4.69, 9.17) is 0 Å². The lowest BCUT2D eigenvalue weighted by atomic mass is 10.1. The van der Waals surface area contributed by atoms with Crippen molar-refractivity contribution in [1.29, 1.82) is 0 Å². The number of fused-ring (bicyclic) bond motifs is 1. The Morgan fingerprint density at radius 2 is 1.92 bits per heavy atom. The molecule has 2 N–H and O–H groups in total. The number of piperazine rings is 1. The van der Waals surface area contributed by atoms with Crippen molar-refractivity contribution in [2.75, 3.05) is 31.1 Å². The van der Waals surface area contributed by atoms with Crippen LogP contribution in [0.15, 0.2) is 33.1 Å². The van der Waals surface area contributed by atoms with Gasteiger partial charge in [0.1, 0.15) is 5.56 Å². The molecule has 1 saturated heterocycles. The first kappa shape index (κ1) is 16.8. The first-order valence-electron chi connectivity index (χ1n) is 7.99. The molecule has 4 rings (SSSR count). The van der Waals surface area contributed by atoms with Gasteiger partial charge in [-0.1, -0.05) is 6.07 Å². The second-order valence-corrected chi connectivity index (χ2v) is 7.63. The van der Waals surface area contributed by atoms with Crippen molar-refractivity contribution < 1.29 is 14.7 Å². The molecule has 4 heterocycles. The Balaban J connectivity index is 1.65. The number of anilines is 1. The quantitative estimate of drug-likeness (QED) is 0.717. The number of nitrogens with zero attached hydrogens (tertiary/aromatic N) is 2. The molecule has 0 saturated carbocycles. The number of thiophene rings is 2. The predicted octanol–water partition coefficient (Wildman–Crippen LogP) is 2.31. The van der Waals surface area contributed by atoms with E-state index in [-0.39, 0.29) is 11.5 Å². The number of hydrogen-bond donors (Lipinski definition) is 2. The summed E-state index contributed by atoms with van der Waals surface area (Å²) >= 11 is 2.82. The van der Waals surface area contributed by atoms with Crippen LogP contribution in [-0.2, 0) is 0 Å². The van der Waals surface area contributed by atoms with Crippen LogP contribution in [0.1, 0.15) is 20.0 Å². The molecular formula is C17H15N3O4S2. The van der Waals surface area contributed by atoms with Gasteiger partial charge in [0.2, 0.25) is 0 Å². The number of carboxylic acid groups (broad SMARTS) is 1. The molecule has 0 atom stereocenters. The van der Waals surface area contributed by atoms with E-state index in [2.05, 4.69) is 4.98 Å². The van der Waals surface area contributed by atoms with Crippen LogP contribution >= 0.6 is 22.7 Å². The van der Waals surface area contributed by atoms with E-state index in [1.807, 2.05) is 21.7 Å². The predicted molar refractivity (Wildman–Crippen MR) is 102 cm³/mol. The summed E-state index contributed by atoms with van der Waals surface area (Å²) in [5.41, 5.74) is 0.238. The summed E-state index contributed by atoms with van der Waals surface area (Å²) in [6.45, 7) is 1.92. The highest BCUT2D eigenvalue weighted by Crippen LogP contribution is 2.31. The molecular weight excluding hydrogens is 374 g/mol. The monoisotopic (exact) mass is 389 g/mol. The Morgan fingerprint density at radius 1 is 1.15 bits per heavy atom. The zero-order valence-corrected chi connectivity index (χ0v) is 15.2. The molecule has 3 aromatic heterocycles. The smallest absolute Gasteiger partial charge is 0.343 e. The van der Waals surface area contributed by atoms with Crippen molar-refractivity contribution in [3.63, 3.8) is 0 Å². The summed E-state index contributed by atoms with van der Waals surface area (Å²) in [5.74, 6) is -1.25. The minimum atomic E-state index is -1.24. The molecule has 3 aromatic rings. The normalized spacial score (nSPS) is 14.8. The molecule has 0 aromatic carbocycles. The Hall–Kier alpha value is -2.65. The second kappa shape index (κ2) is 6.58. The fourth-order valence-corrected chi connectivity index (χ4v) is 4.68. The number of carbonyl (C=O) groups is 2. The molecule has 0 aliphatic carbocycles. The van der Waals surface area contributed by atoms with Crippen LogP contribution in [0, 0.1) is 0 Å². The second-order valence-electron chi connectivity index (χ2n) is 5.94. The lowest BCUT2D eigenvalue weighted by Crippen LogP contribution is -2.49. The van der Waals surface area contributed by atoms with Gasteiger partial charge in [-0.2, -0.15) is 0 Å². The van der Waals surface area contributed by atoms with Crippen molar-refractivity contribution >= 4 is 51.1 Å². The van der Waals surface area contributed by atoms with Crippen molar-refractivity contribution in [2.24, 2.45) is 0 Å². The number of carbonyl (C=O) groups excluding carboxylic acids is 1. The van der Waals surface area contributed by atoms with E-state index in [1.165, 1.54) is 22.7 Å². The summed E-state index contributed by atoms with van der Waals surface area (Å²) in [4.78, 5) is 43.4. The molecule has 0 radical (unpaired) electrons. The van der Waals surface area contributed by atoms with E-state index in [9.17, 15) is 19.5 Å². The fraction of sp³-hybridized carbons (Fsp3) is 0.235. The molecule has 1 amide bonds. The molecule has 7 nitrogen and oxygen atoms in total. The van der Waals surface area contributed by atoms with Crippen LogP contribution in [0.2, 0.25) is 0 Å². The van der Waals surface area contributed by atoms with Gasteiger partial charge in [-0.15, -0.1) is 22.7 Å². The number of pyridine rings is 1. The highest BCUT2D eigenvalue weighted by atomic mass is 32.1. The van der Waals surface area contributed by atoms with Gasteiger partial charge in [0, 0.05) is 42.3 Å². The number of carboxylic acids is 1. The average molecular weight is 389 g/mol. The van der Waals surface area contributed by atoms with Crippen molar-refractivity contribution in [2.45, 2.75) is 0 Å². The molecule has 0 unspecified atom stereocenters. The SMILES string of the molecule is O=C(O)c1c(N2CCN(C(=O)c3cccs3)CC2)c2cscc2[nH]c1=O. The van der Waals surface area contributed by atoms with Gasteiger partial charge in [-0.25, -0.2) is 4.79 Å². The van der Waals surface area contributed by atoms with E-state index in [0.29, 0.717) is 42.3 Å². The van der Waals surface area contributed by atoms with Crippen LogP contribution in [0.5, 0.6) is 0 Å². The fourth-order valence-electron chi connectivity index (χ4n) is 3.22. The lowest BCUT2D eigenvalue weighted by molar-refractivity contribution is 0.0691. The summed E-state index contributed by atoms with van der Waals surface area (Å²) in [7, 11) is 0. The lowest BCUT2D eigenvalue weighted by Gasteiger charge is -2.36. The number of rotatable bonds is 3. The third kappa shape index (κ3) is 2.78. The third-order valence-corrected chi connectivity index (χ3v) is 6.06. The number of amides is 1. The van der Waals surface area contributed by atoms with E-state index in [1.54, 1.807) is 16.3 Å². The van der Waals surface area contributed by atoms with E-state index in [0.717, 1.165) is 5.39 Å². The Bertz CT molecular complexity index is 1030. The number of aromatic amines is 1. The van der Waals surface area contributed by atoms with Crippen LogP contribution in [0.4, 0.5) is 5.69 Å². The minimum absolute atomic E-state index is 0.00954. The maximum Gasteiger partial charge on any atom is 0.343 e. The largest absolute Gasteiger partial charge is 0.477 e. The first-order valence-corrected chi connectivity index (χ1v) is 9.81. The zero-order chi connectivity index (χ0) is 18.3. The number of hydrogen-bond acceptors (Lipinski definition) is 6. The number of aromatic carboxylic acids is 1. The summed E-state index contributed by atoms with van der Waals surface area (Å²) in [6, 6.07) is 3.64. The van der Waals surface area contributed by atoms with Crippen LogP contribution < -0.4 is 10.5 Å². The minimum Gasteiger partial charge on any atom is -0.477 e. The van der Waals surface area contributed by atoms with Gasteiger partial charge in [0.25, 0.3) is 11.5 Å². The van der Waals surface area contributed by atoms with Gasteiger partial charge >= 0.3 is 5.97 Å². The molecule has 0 bridgehead atoms. The van der Waals surface area contributed by atoms with Crippen molar-refractivity contribution in [3.05, 3.63) is 49.1 Å². The summed E-state index contributed by atoms with van der Waals surface area (Å²) < 4.78 is 0.